The molecule has 1 aromatic carbocycles. The zero-order valence-corrected chi connectivity index (χ0v) is 11.6. The number of nitrogens with two attached hydrogens (primary N) is 1. The number of ether oxygens (including phenoxy) is 1. The number of hydrogen-bond donors (Lipinski definition) is 1. The lowest BCUT2D eigenvalue weighted by atomic mass is 10.0. The van der Waals surface area contributed by atoms with E-state index in [1.807, 2.05) is 0 Å². The van der Waals surface area contributed by atoms with E-state index in [-0.39, 0.29) is 6.04 Å². The molecular weight excluding hydrogens is 224 g/mol. The zero-order valence-electron chi connectivity index (χ0n) is 11.6. The molecule has 1 aromatic rings. The number of hydrogen-bond acceptors (Lipinski definition) is 3. The van der Waals surface area contributed by atoms with Gasteiger partial charge in [-0.3, -0.25) is 0 Å². The smallest absolute Gasteiger partial charge is 0.0722 e. The first-order chi connectivity index (χ1) is 8.56. The number of morpholine rings is 1. The maximum Gasteiger partial charge on any atom is 0.0722 e. The summed E-state index contributed by atoms with van der Waals surface area (Å²) in [4.78, 5) is 2.42. The quantitative estimate of drug-likeness (QED) is 0.890. The summed E-state index contributed by atoms with van der Waals surface area (Å²) in [7, 11) is 0. The number of rotatable bonds is 3. The number of aryl methyl sites for hydroxylation is 1. The third-order valence-corrected chi connectivity index (χ3v) is 3.36. The lowest BCUT2D eigenvalue weighted by Gasteiger charge is -2.34. The third-order valence-electron chi connectivity index (χ3n) is 3.36. The van der Waals surface area contributed by atoms with Crippen LogP contribution in [0.5, 0.6) is 0 Å². The molecule has 0 bridgehead atoms. The van der Waals surface area contributed by atoms with E-state index in [1.54, 1.807) is 0 Å². The van der Waals surface area contributed by atoms with Crippen LogP contribution in [0, 0.1) is 6.92 Å². The second kappa shape index (κ2) is 5.72. The van der Waals surface area contributed by atoms with Crippen LogP contribution in [0.1, 0.15) is 25.0 Å². The lowest BCUT2D eigenvalue weighted by molar-refractivity contribution is 0.0532. The van der Waals surface area contributed by atoms with Gasteiger partial charge in [-0.2, -0.15) is 0 Å². The van der Waals surface area contributed by atoms with Crippen LogP contribution in [0.2, 0.25) is 0 Å². The van der Waals surface area contributed by atoms with Gasteiger partial charge >= 0.3 is 0 Å². The Hall–Kier alpha value is -1.06. The highest BCUT2D eigenvalue weighted by molar-refractivity contribution is 5.55. The predicted octanol–water partition coefficient (Wildman–Crippen LogP) is 2.11. The molecule has 0 saturated carbocycles. The maximum atomic E-state index is 5.96. The van der Waals surface area contributed by atoms with Crippen molar-refractivity contribution in [2.75, 3.05) is 24.6 Å². The van der Waals surface area contributed by atoms with Gasteiger partial charge in [0, 0.05) is 24.8 Å². The second-order valence-electron chi connectivity index (χ2n) is 5.44. The van der Waals surface area contributed by atoms with E-state index in [1.165, 1.54) is 16.8 Å². The Bertz CT molecular complexity index is 403. The Labute approximate surface area is 110 Å². The second-order valence-corrected chi connectivity index (χ2v) is 5.44. The van der Waals surface area contributed by atoms with Crippen molar-refractivity contribution in [1.29, 1.82) is 0 Å². The van der Waals surface area contributed by atoms with E-state index in [0.717, 1.165) is 26.1 Å². The summed E-state index contributed by atoms with van der Waals surface area (Å²) < 4.78 is 5.61. The zero-order chi connectivity index (χ0) is 13.1. The van der Waals surface area contributed by atoms with Crippen LogP contribution in [0.4, 0.5) is 5.69 Å². The summed E-state index contributed by atoms with van der Waals surface area (Å²) in [5.74, 6) is 0. The van der Waals surface area contributed by atoms with Gasteiger partial charge in [-0.1, -0.05) is 17.7 Å². The molecule has 0 radical (unpaired) electrons. The highest BCUT2D eigenvalue weighted by Gasteiger charge is 2.19. The molecule has 1 aliphatic rings. The first kappa shape index (κ1) is 13.4. The molecule has 2 unspecified atom stereocenters. The SMILES string of the molecule is Cc1ccc(N2CCOC(C)C2)c(CC(C)N)c1. The molecule has 3 nitrogen and oxygen atoms in total. The van der Waals surface area contributed by atoms with Gasteiger partial charge in [0.25, 0.3) is 0 Å². The minimum Gasteiger partial charge on any atom is -0.375 e. The Morgan fingerprint density at radius 3 is 2.94 bits per heavy atom. The van der Waals surface area contributed by atoms with Gasteiger partial charge in [-0.25, -0.2) is 0 Å². The Morgan fingerprint density at radius 2 is 2.28 bits per heavy atom. The molecule has 1 saturated heterocycles. The molecule has 18 heavy (non-hydrogen) atoms. The summed E-state index contributed by atoms with van der Waals surface area (Å²) in [5, 5.41) is 0. The molecule has 2 atom stereocenters. The minimum atomic E-state index is 0.198. The van der Waals surface area contributed by atoms with Crippen molar-refractivity contribution in [2.45, 2.75) is 39.3 Å². The van der Waals surface area contributed by atoms with E-state index >= 15 is 0 Å². The molecule has 100 valence electrons. The molecule has 0 aliphatic carbocycles. The molecule has 1 heterocycles. The molecule has 0 aromatic heterocycles. The molecule has 3 heteroatoms. The molecule has 0 spiro atoms. The average Bonchev–Trinajstić information content (AvgIpc) is 2.28. The van der Waals surface area contributed by atoms with Gasteiger partial charge in [-0.15, -0.1) is 0 Å². The fraction of sp³-hybridized carbons (Fsp3) is 0.600. The van der Waals surface area contributed by atoms with E-state index in [0.29, 0.717) is 6.10 Å². The van der Waals surface area contributed by atoms with E-state index in [4.69, 9.17) is 10.5 Å². The van der Waals surface area contributed by atoms with Gasteiger partial charge in [0.15, 0.2) is 0 Å². The molecule has 2 rings (SSSR count). The van der Waals surface area contributed by atoms with Crippen LogP contribution < -0.4 is 10.6 Å². The fourth-order valence-electron chi connectivity index (χ4n) is 2.57. The average molecular weight is 248 g/mol. The summed E-state index contributed by atoms with van der Waals surface area (Å²) >= 11 is 0. The first-order valence-corrected chi connectivity index (χ1v) is 6.78. The monoisotopic (exact) mass is 248 g/mol. The van der Waals surface area contributed by atoms with E-state index in [2.05, 4.69) is 43.9 Å². The van der Waals surface area contributed by atoms with Crippen LogP contribution in [0.3, 0.4) is 0 Å². The molecule has 1 fully saturated rings. The number of nitrogens with zero attached hydrogens (tertiary/aromatic N) is 1. The molecule has 1 aliphatic heterocycles. The van der Waals surface area contributed by atoms with Gasteiger partial charge in [-0.05, 0) is 38.8 Å². The first-order valence-electron chi connectivity index (χ1n) is 6.78. The number of benzene rings is 1. The normalized spacial score (nSPS) is 22.0. The van der Waals surface area contributed by atoms with Gasteiger partial charge in [0.1, 0.15) is 0 Å². The van der Waals surface area contributed by atoms with E-state index < -0.39 is 0 Å². The van der Waals surface area contributed by atoms with Crippen LogP contribution in [0.15, 0.2) is 18.2 Å². The Balaban J connectivity index is 2.25. The maximum absolute atomic E-state index is 5.96. The topological polar surface area (TPSA) is 38.5 Å². The van der Waals surface area contributed by atoms with Crippen molar-refractivity contribution in [2.24, 2.45) is 5.73 Å². The fourth-order valence-corrected chi connectivity index (χ4v) is 2.57. The number of anilines is 1. The summed E-state index contributed by atoms with van der Waals surface area (Å²) in [6.07, 6.45) is 1.24. The lowest BCUT2D eigenvalue weighted by Crippen LogP contribution is -2.41. The van der Waals surface area contributed by atoms with Gasteiger partial charge < -0.3 is 15.4 Å². The molecule has 0 amide bonds. The van der Waals surface area contributed by atoms with Crippen LogP contribution >= 0.6 is 0 Å². The van der Waals surface area contributed by atoms with Crippen molar-refractivity contribution >= 4 is 5.69 Å². The van der Waals surface area contributed by atoms with Crippen molar-refractivity contribution in [3.05, 3.63) is 29.3 Å². The highest BCUT2D eigenvalue weighted by atomic mass is 16.5. The molecule has 2 N–H and O–H groups in total. The third kappa shape index (κ3) is 3.24. The minimum absolute atomic E-state index is 0.198. The van der Waals surface area contributed by atoms with Gasteiger partial charge in [0.2, 0.25) is 0 Å². The van der Waals surface area contributed by atoms with E-state index in [9.17, 15) is 0 Å². The summed E-state index contributed by atoms with van der Waals surface area (Å²) in [5.41, 5.74) is 9.95. The highest BCUT2D eigenvalue weighted by Crippen LogP contribution is 2.25. The van der Waals surface area contributed by atoms with Crippen molar-refractivity contribution in [3.63, 3.8) is 0 Å². The predicted molar refractivity (Wildman–Crippen MR) is 76.2 cm³/mol. The van der Waals surface area contributed by atoms with Crippen molar-refractivity contribution < 1.29 is 4.74 Å². The molecular formula is C15H24N2O. The summed E-state index contributed by atoms with van der Waals surface area (Å²) in [6, 6.07) is 6.87. The standard InChI is InChI=1S/C15H24N2O/c1-11-4-5-15(14(8-11)9-12(2)16)17-6-7-18-13(3)10-17/h4-5,8,12-13H,6-7,9-10,16H2,1-3H3. The van der Waals surface area contributed by atoms with Crippen LogP contribution in [-0.4, -0.2) is 31.8 Å². The van der Waals surface area contributed by atoms with Crippen LogP contribution in [0.25, 0.3) is 0 Å². The van der Waals surface area contributed by atoms with Crippen molar-refractivity contribution in [3.8, 4) is 0 Å². The van der Waals surface area contributed by atoms with Crippen molar-refractivity contribution in [1.82, 2.24) is 0 Å². The Kier molecular flexibility index (Phi) is 4.25. The summed E-state index contributed by atoms with van der Waals surface area (Å²) in [6.45, 7) is 9.08. The van der Waals surface area contributed by atoms with Crippen LogP contribution in [-0.2, 0) is 11.2 Å². The Morgan fingerprint density at radius 1 is 1.50 bits per heavy atom. The largest absolute Gasteiger partial charge is 0.375 e. The van der Waals surface area contributed by atoms with Gasteiger partial charge in [0.05, 0.1) is 12.7 Å².